The van der Waals surface area contributed by atoms with Crippen LogP contribution in [0.4, 0.5) is 5.69 Å². The molecule has 0 saturated heterocycles. The number of benzene rings is 1. The fraction of sp³-hybridized carbons (Fsp3) is 0.273. The Kier molecular flexibility index (Phi) is 3.69. The van der Waals surface area contributed by atoms with Crippen molar-refractivity contribution in [2.24, 2.45) is 0 Å². The highest BCUT2D eigenvalue weighted by Crippen LogP contribution is 2.12. The fourth-order valence-electron chi connectivity index (χ4n) is 1.14. The van der Waals surface area contributed by atoms with Crippen molar-refractivity contribution < 1.29 is 9.53 Å². The quantitative estimate of drug-likeness (QED) is 0.762. The van der Waals surface area contributed by atoms with Crippen LogP contribution in [0.1, 0.15) is 17.3 Å². The summed E-state index contributed by atoms with van der Waals surface area (Å²) in [6, 6.07) is 8.60. The molecule has 0 saturated carbocycles. The van der Waals surface area contributed by atoms with Gasteiger partial charge in [-0.15, -0.1) is 0 Å². The van der Waals surface area contributed by atoms with Crippen molar-refractivity contribution in [2.75, 3.05) is 12.4 Å². The molecule has 1 rings (SSSR count). The average molecular weight is 204 g/mol. The number of hydrogen-bond donors (Lipinski definition) is 1. The first-order valence-electron chi connectivity index (χ1n) is 4.52. The van der Waals surface area contributed by atoms with Crippen LogP contribution in [-0.2, 0) is 4.74 Å². The van der Waals surface area contributed by atoms with Gasteiger partial charge in [0.1, 0.15) is 6.04 Å². The molecule has 0 spiro atoms. The number of nitriles is 1. The zero-order chi connectivity index (χ0) is 11.3. The molecule has 0 aliphatic carbocycles. The van der Waals surface area contributed by atoms with Crippen molar-refractivity contribution >= 4 is 11.7 Å². The Morgan fingerprint density at radius 1 is 1.60 bits per heavy atom. The SMILES string of the molecule is COC(=O)c1cccc(NC(C)C#N)c1. The maximum atomic E-state index is 11.2. The van der Waals surface area contributed by atoms with Crippen molar-refractivity contribution in [3.8, 4) is 6.07 Å². The maximum Gasteiger partial charge on any atom is 0.337 e. The first-order chi connectivity index (χ1) is 7.17. The van der Waals surface area contributed by atoms with Gasteiger partial charge in [-0.2, -0.15) is 5.26 Å². The molecule has 0 bridgehead atoms. The molecule has 1 aromatic rings. The minimum absolute atomic E-state index is 0.294. The number of nitrogens with zero attached hydrogens (tertiary/aromatic N) is 1. The summed E-state index contributed by atoms with van der Waals surface area (Å²) < 4.78 is 4.59. The Bertz CT molecular complexity index is 396. The number of esters is 1. The average Bonchev–Trinajstić information content (AvgIpc) is 2.28. The normalized spacial score (nSPS) is 11.3. The van der Waals surface area contributed by atoms with E-state index < -0.39 is 0 Å². The standard InChI is InChI=1S/C11H12N2O2/c1-8(7-12)13-10-5-3-4-9(6-10)11(14)15-2/h3-6,8,13H,1-2H3. The van der Waals surface area contributed by atoms with Gasteiger partial charge in [0.25, 0.3) is 0 Å². The molecule has 1 atom stereocenters. The van der Waals surface area contributed by atoms with Gasteiger partial charge >= 0.3 is 5.97 Å². The van der Waals surface area contributed by atoms with Gasteiger partial charge in [0, 0.05) is 5.69 Å². The van der Waals surface area contributed by atoms with E-state index in [-0.39, 0.29) is 12.0 Å². The molecule has 0 fully saturated rings. The summed E-state index contributed by atoms with van der Waals surface area (Å²) in [5, 5.41) is 11.6. The number of carbonyl (C=O) groups is 1. The first-order valence-corrected chi connectivity index (χ1v) is 4.52. The van der Waals surface area contributed by atoms with E-state index in [4.69, 9.17) is 5.26 Å². The number of methoxy groups -OCH3 is 1. The van der Waals surface area contributed by atoms with Gasteiger partial charge in [0.05, 0.1) is 18.7 Å². The number of nitrogens with one attached hydrogen (secondary N) is 1. The molecule has 4 heteroatoms. The first kappa shape index (κ1) is 11.1. The molecular formula is C11H12N2O2. The molecule has 0 aliphatic heterocycles. The predicted octanol–water partition coefficient (Wildman–Crippen LogP) is 1.80. The number of ether oxygens (including phenoxy) is 1. The van der Waals surface area contributed by atoms with Crippen LogP contribution in [0.5, 0.6) is 0 Å². The van der Waals surface area contributed by atoms with Crippen molar-refractivity contribution in [3.05, 3.63) is 29.8 Å². The highest BCUT2D eigenvalue weighted by atomic mass is 16.5. The maximum absolute atomic E-state index is 11.2. The molecule has 1 N–H and O–H groups in total. The number of anilines is 1. The number of carbonyl (C=O) groups excluding carboxylic acids is 1. The molecule has 1 unspecified atom stereocenters. The molecule has 0 aliphatic rings. The monoisotopic (exact) mass is 204 g/mol. The molecule has 0 amide bonds. The summed E-state index contributed by atoms with van der Waals surface area (Å²) in [7, 11) is 1.33. The summed E-state index contributed by atoms with van der Waals surface area (Å²) in [5.41, 5.74) is 1.19. The van der Waals surface area contributed by atoms with Gasteiger partial charge in [-0.1, -0.05) is 6.07 Å². The van der Waals surface area contributed by atoms with Gasteiger partial charge in [-0.05, 0) is 25.1 Å². The van der Waals surface area contributed by atoms with Crippen molar-refractivity contribution in [1.82, 2.24) is 0 Å². The fourth-order valence-corrected chi connectivity index (χ4v) is 1.14. The van der Waals surface area contributed by atoms with Crippen LogP contribution in [-0.4, -0.2) is 19.1 Å². The Balaban J connectivity index is 2.84. The highest BCUT2D eigenvalue weighted by Gasteiger charge is 2.06. The Hall–Kier alpha value is -2.02. The predicted molar refractivity (Wildman–Crippen MR) is 56.5 cm³/mol. The third kappa shape index (κ3) is 2.99. The Morgan fingerprint density at radius 3 is 2.93 bits per heavy atom. The van der Waals surface area contributed by atoms with E-state index >= 15 is 0 Å². The van der Waals surface area contributed by atoms with E-state index in [0.29, 0.717) is 5.56 Å². The third-order valence-electron chi connectivity index (χ3n) is 1.86. The van der Waals surface area contributed by atoms with Gasteiger partial charge in [0.15, 0.2) is 0 Å². The second-order valence-electron chi connectivity index (χ2n) is 3.07. The molecule has 4 nitrogen and oxygen atoms in total. The van der Waals surface area contributed by atoms with E-state index in [9.17, 15) is 4.79 Å². The minimum Gasteiger partial charge on any atom is -0.465 e. The Morgan fingerprint density at radius 2 is 2.33 bits per heavy atom. The van der Waals surface area contributed by atoms with Crippen LogP contribution in [0.15, 0.2) is 24.3 Å². The molecule has 15 heavy (non-hydrogen) atoms. The minimum atomic E-state index is -0.386. The van der Waals surface area contributed by atoms with E-state index in [1.165, 1.54) is 7.11 Å². The van der Waals surface area contributed by atoms with Crippen LogP contribution in [0.25, 0.3) is 0 Å². The van der Waals surface area contributed by atoms with Crippen LogP contribution >= 0.6 is 0 Å². The third-order valence-corrected chi connectivity index (χ3v) is 1.86. The van der Waals surface area contributed by atoms with Gasteiger partial charge in [-0.3, -0.25) is 0 Å². The summed E-state index contributed by atoms with van der Waals surface area (Å²) in [6.07, 6.45) is 0. The molecule has 1 aromatic carbocycles. The van der Waals surface area contributed by atoms with Gasteiger partial charge < -0.3 is 10.1 Å². The van der Waals surface area contributed by atoms with E-state index in [1.807, 2.05) is 6.07 Å². The summed E-state index contributed by atoms with van der Waals surface area (Å²) >= 11 is 0. The molecule has 0 heterocycles. The lowest BCUT2D eigenvalue weighted by molar-refractivity contribution is 0.0601. The lowest BCUT2D eigenvalue weighted by Crippen LogP contribution is -2.12. The van der Waals surface area contributed by atoms with Gasteiger partial charge in [0.2, 0.25) is 0 Å². The van der Waals surface area contributed by atoms with Crippen LogP contribution in [0, 0.1) is 11.3 Å². The molecule has 0 aromatic heterocycles. The van der Waals surface area contributed by atoms with Crippen molar-refractivity contribution in [2.45, 2.75) is 13.0 Å². The molecular weight excluding hydrogens is 192 g/mol. The lowest BCUT2D eigenvalue weighted by Gasteiger charge is -2.08. The largest absolute Gasteiger partial charge is 0.465 e. The van der Waals surface area contributed by atoms with E-state index in [2.05, 4.69) is 10.1 Å². The van der Waals surface area contributed by atoms with Crippen LogP contribution in [0.3, 0.4) is 0 Å². The summed E-state index contributed by atoms with van der Waals surface area (Å²) in [6.45, 7) is 1.74. The van der Waals surface area contributed by atoms with Crippen LogP contribution < -0.4 is 5.32 Å². The lowest BCUT2D eigenvalue weighted by atomic mass is 10.2. The smallest absolute Gasteiger partial charge is 0.337 e. The van der Waals surface area contributed by atoms with Crippen LogP contribution in [0.2, 0.25) is 0 Å². The number of hydrogen-bond acceptors (Lipinski definition) is 4. The second-order valence-corrected chi connectivity index (χ2v) is 3.07. The van der Waals surface area contributed by atoms with E-state index in [0.717, 1.165) is 5.69 Å². The van der Waals surface area contributed by atoms with Gasteiger partial charge in [-0.25, -0.2) is 4.79 Å². The van der Waals surface area contributed by atoms with E-state index in [1.54, 1.807) is 31.2 Å². The second kappa shape index (κ2) is 5.01. The number of rotatable bonds is 3. The van der Waals surface area contributed by atoms with Crippen molar-refractivity contribution in [1.29, 1.82) is 5.26 Å². The highest BCUT2D eigenvalue weighted by molar-refractivity contribution is 5.90. The summed E-state index contributed by atoms with van der Waals surface area (Å²) in [5.74, 6) is -0.386. The zero-order valence-corrected chi connectivity index (χ0v) is 8.65. The van der Waals surface area contributed by atoms with Crippen molar-refractivity contribution in [3.63, 3.8) is 0 Å². The summed E-state index contributed by atoms with van der Waals surface area (Å²) in [4.78, 5) is 11.2. The zero-order valence-electron chi connectivity index (χ0n) is 8.65. The Labute approximate surface area is 88.5 Å². The topological polar surface area (TPSA) is 62.1 Å². The molecule has 0 radical (unpaired) electrons. The molecule has 78 valence electrons.